The molecule has 1 aromatic carbocycles. The Morgan fingerprint density at radius 2 is 2.15 bits per heavy atom. The summed E-state index contributed by atoms with van der Waals surface area (Å²) in [6.07, 6.45) is 0.876. The molecule has 2 N–H and O–H groups in total. The number of halogens is 1. The normalized spacial score (nSPS) is 11.7. The lowest BCUT2D eigenvalue weighted by molar-refractivity contribution is -0.384. The smallest absolute Gasteiger partial charge is 0.326 e. The molecule has 0 heterocycles. The first-order valence-electron chi connectivity index (χ1n) is 5.84. The van der Waals surface area contributed by atoms with Crippen LogP contribution in [0.3, 0.4) is 0 Å². The summed E-state index contributed by atoms with van der Waals surface area (Å²) >= 11 is 3.12. The lowest BCUT2D eigenvalue weighted by atomic mass is 10.1. The molecule has 108 valence electrons. The number of carboxylic acid groups (broad SMARTS) is 1. The quantitative estimate of drug-likeness (QED) is 0.607. The minimum absolute atomic E-state index is 0.0292. The van der Waals surface area contributed by atoms with Crippen molar-refractivity contribution in [1.29, 1.82) is 0 Å². The lowest BCUT2D eigenvalue weighted by Crippen LogP contribution is -2.40. The molecule has 0 aliphatic rings. The van der Waals surface area contributed by atoms with Gasteiger partial charge in [-0.25, -0.2) is 4.79 Å². The molecule has 0 aromatic heterocycles. The van der Waals surface area contributed by atoms with E-state index in [0.29, 0.717) is 10.9 Å². The molecule has 1 rings (SSSR count). The van der Waals surface area contributed by atoms with Gasteiger partial charge in [0.1, 0.15) is 6.04 Å². The maximum absolute atomic E-state index is 12.0. The maximum atomic E-state index is 12.0. The molecule has 0 unspecified atom stereocenters. The van der Waals surface area contributed by atoms with Gasteiger partial charge in [0.15, 0.2) is 0 Å². The van der Waals surface area contributed by atoms with Crippen molar-refractivity contribution in [3.63, 3.8) is 0 Å². The van der Waals surface area contributed by atoms with Gasteiger partial charge in [0.05, 0.1) is 10.5 Å². The van der Waals surface area contributed by atoms with Gasteiger partial charge in [-0.3, -0.25) is 14.9 Å². The van der Waals surface area contributed by atoms with Crippen LogP contribution < -0.4 is 5.32 Å². The van der Waals surface area contributed by atoms with E-state index in [4.69, 9.17) is 5.11 Å². The van der Waals surface area contributed by atoms with Crippen molar-refractivity contribution in [2.45, 2.75) is 25.8 Å². The van der Waals surface area contributed by atoms with E-state index in [-0.39, 0.29) is 17.7 Å². The van der Waals surface area contributed by atoms with E-state index in [1.165, 1.54) is 12.1 Å². The number of nitro groups is 1. The number of carbonyl (C=O) groups is 2. The Hall–Kier alpha value is -1.96. The van der Waals surface area contributed by atoms with Crippen molar-refractivity contribution >= 4 is 33.5 Å². The van der Waals surface area contributed by atoms with Gasteiger partial charge in [0, 0.05) is 16.6 Å². The number of carbonyl (C=O) groups excluding carboxylic acids is 1. The summed E-state index contributed by atoms with van der Waals surface area (Å²) in [7, 11) is 0. The first-order chi connectivity index (χ1) is 9.36. The number of benzene rings is 1. The van der Waals surface area contributed by atoms with Gasteiger partial charge in [-0.1, -0.05) is 13.3 Å². The Morgan fingerprint density at radius 1 is 1.50 bits per heavy atom. The molecule has 0 saturated carbocycles. The molecule has 0 saturated heterocycles. The first kappa shape index (κ1) is 16.1. The first-order valence-corrected chi connectivity index (χ1v) is 6.63. The fraction of sp³-hybridized carbons (Fsp3) is 0.333. The Balaban J connectivity index is 2.99. The maximum Gasteiger partial charge on any atom is 0.326 e. The zero-order valence-electron chi connectivity index (χ0n) is 10.6. The minimum atomic E-state index is -1.14. The summed E-state index contributed by atoms with van der Waals surface area (Å²) in [6, 6.07) is 2.72. The van der Waals surface area contributed by atoms with E-state index in [1.54, 1.807) is 6.92 Å². The summed E-state index contributed by atoms with van der Waals surface area (Å²) in [6.45, 7) is 1.80. The van der Waals surface area contributed by atoms with Crippen LogP contribution in [0.25, 0.3) is 0 Å². The average molecular weight is 345 g/mol. The molecule has 1 atom stereocenters. The molecule has 8 heteroatoms. The lowest BCUT2D eigenvalue weighted by Gasteiger charge is -2.14. The molecule has 0 spiro atoms. The van der Waals surface area contributed by atoms with E-state index in [1.807, 2.05) is 0 Å². The molecule has 0 aliphatic heterocycles. The number of aliphatic carboxylic acids is 1. The third-order valence-corrected chi connectivity index (χ3v) is 3.28. The second kappa shape index (κ2) is 6.99. The van der Waals surface area contributed by atoms with Gasteiger partial charge in [-0.2, -0.15) is 0 Å². The predicted molar refractivity (Wildman–Crippen MR) is 74.6 cm³/mol. The number of nitrogens with zero attached hydrogens (tertiary/aromatic N) is 1. The zero-order valence-corrected chi connectivity index (χ0v) is 12.2. The predicted octanol–water partition coefficient (Wildman–Crippen LogP) is 2.34. The summed E-state index contributed by atoms with van der Waals surface area (Å²) in [5.41, 5.74) is -0.206. The van der Waals surface area contributed by atoms with Crippen molar-refractivity contribution in [1.82, 2.24) is 5.32 Å². The van der Waals surface area contributed by atoms with Crippen LogP contribution in [0.5, 0.6) is 0 Å². The highest BCUT2D eigenvalue weighted by molar-refractivity contribution is 9.10. The van der Waals surface area contributed by atoms with Gasteiger partial charge in [0.2, 0.25) is 0 Å². The summed E-state index contributed by atoms with van der Waals surface area (Å²) < 4.78 is 0.362. The Kier molecular flexibility index (Phi) is 5.63. The van der Waals surface area contributed by atoms with Crippen LogP contribution in [-0.2, 0) is 4.79 Å². The van der Waals surface area contributed by atoms with Crippen LogP contribution in [0.15, 0.2) is 22.7 Å². The molecule has 0 radical (unpaired) electrons. The number of non-ortho nitro benzene ring substituents is 1. The van der Waals surface area contributed by atoms with Crippen LogP contribution in [0.1, 0.15) is 30.1 Å². The van der Waals surface area contributed by atoms with E-state index in [9.17, 15) is 19.7 Å². The molecule has 0 fully saturated rings. The number of amides is 1. The van der Waals surface area contributed by atoms with Crippen LogP contribution >= 0.6 is 15.9 Å². The highest BCUT2D eigenvalue weighted by Gasteiger charge is 2.22. The monoisotopic (exact) mass is 344 g/mol. The van der Waals surface area contributed by atoms with E-state index >= 15 is 0 Å². The van der Waals surface area contributed by atoms with Crippen molar-refractivity contribution in [3.8, 4) is 0 Å². The molecule has 1 aromatic rings. The van der Waals surface area contributed by atoms with Gasteiger partial charge in [-0.15, -0.1) is 0 Å². The topological polar surface area (TPSA) is 110 Å². The number of carboxylic acids is 1. The van der Waals surface area contributed by atoms with E-state index in [0.717, 1.165) is 6.07 Å². The second-order valence-electron chi connectivity index (χ2n) is 4.07. The van der Waals surface area contributed by atoms with Crippen molar-refractivity contribution in [2.24, 2.45) is 0 Å². The summed E-state index contributed by atoms with van der Waals surface area (Å²) in [5, 5.41) is 22.0. The van der Waals surface area contributed by atoms with Crippen molar-refractivity contribution in [2.75, 3.05) is 0 Å². The SMILES string of the molecule is CCC[C@H](NC(=O)c1cc([N+](=O)[O-])ccc1Br)C(=O)O. The summed E-state index contributed by atoms with van der Waals surface area (Å²) in [4.78, 5) is 33.0. The number of hydrogen-bond acceptors (Lipinski definition) is 4. The van der Waals surface area contributed by atoms with Crippen molar-refractivity contribution in [3.05, 3.63) is 38.3 Å². The fourth-order valence-electron chi connectivity index (χ4n) is 1.58. The van der Waals surface area contributed by atoms with Crippen LogP contribution in [0.4, 0.5) is 5.69 Å². The van der Waals surface area contributed by atoms with Crippen LogP contribution in [-0.4, -0.2) is 27.9 Å². The highest BCUT2D eigenvalue weighted by atomic mass is 79.9. The Labute approximate surface area is 123 Å². The third kappa shape index (κ3) is 4.02. The van der Waals surface area contributed by atoms with Crippen molar-refractivity contribution < 1.29 is 19.6 Å². The molecule has 0 bridgehead atoms. The Morgan fingerprint density at radius 3 is 2.65 bits per heavy atom. The summed E-state index contributed by atoms with van der Waals surface area (Å²) in [5.74, 6) is -1.80. The zero-order chi connectivity index (χ0) is 15.3. The van der Waals surface area contributed by atoms with Gasteiger partial charge < -0.3 is 10.4 Å². The fourth-order valence-corrected chi connectivity index (χ4v) is 2.01. The van der Waals surface area contributed by atoms with Gasteiger partial charge in [0.25, 0.3) is 11.6 Å². The standard InChI is InChI=1S/C12H13BrN2O5/c1-2-3-10(12(17)18)14-11(16)8-6-7(15(19)20)4-5-9(8)13/h4-6,10H,2-3H2,1H3,(H,14,16)(H,17,18)/t10-/m0/s1. The largest absolute Gasteiger partial charge is 0.480 e. The number of nitrogens with one attached hydrogen (secondary N) is 1. The van der Waals surface area contributed by atoms with Gasteiger partial charge in [-0.05, 0) is 28.4 Å². The van der Waals surface area contributed by atoms with E-state index in [2.05, 4.69) is 21.2 Å². The van der Waals surface area contributed by atoms with Crippen LogP contribution in [0.2, 0.25) is 0 Å². The third-order valence-electron chi connectivity index (χ3n) is 2.59. The highest BCUT2D eigenvalue weighted by Crippen LogP contribution is 2.22. The Bertz CT molecular complexity index is 547. The molecule has 7 nitrogen and oxygen atoms in total. The number of rotatable bonds is 6. The second-order valence-corrected chi connectivity index (χ2v) is 4.93. The molecular formula is C12H13BrN2O5. The van der Waals surface area contributed by atoms with Gasteiger partial charge >= 0.3 is 5.97 Å². The molecule has 0 aliphatic carbocycles. The number of hydrogen-bond donors (Lipinski definition) is 2. The number of nitro benzene ring substituents is 1. The molecule has 1 amide bonds. The van der Waals surface area contributed by atoms with Crippen LogP contribution in [0, 0.1) is 10.1 Å². The minimum Gasteiger partial charge on any atom is -0.480 e. The van der Waals surface area contributed by atoms with E-state index < -0.39 is 22.8 Å². The molecular weight excluding hydrogens is 332 g/mol. The molecule has 20 heavy (non-hydrogen) atoms. The average Bonchev–Trinajstić information content (AvgIpc) is 2.38.